The van der Waals surface area contributed by atoms with E-state index in [0.717, 1.165) is 35.2 Å². The van der Waals surface area contributed by atoms with Crippen molar-refractivity contribution in [3.05, 3.63) is 59.0 Å². The summed E-state index contributed by atoms with van der Waals surface area (Å²) in [6.45, 7) is 7.27. The van der Waals surface area contributed by atoms with Gasteiger partial charge in [-0.2, -0.15) is 5.26 Å². The molecule has 2 aliphatic rings. The first-order chi connectivity index (χ1) is 15.3. The van der Waals surface area contributed by atoms with E-state index in [-0.39, 0.29) is 24.0 Å². The molecule has 8 heteroatoms. The van der Waals surface area contributed by atoms with Crippen molar-refractivity contribution in [3.8, 4) is 22.4 Å². The highest BCUT2D eigenvalue weighted by Crippen LogP contribution is 2.48. The fourth-order valence-electron chi connectivity index (χ4n) is 4.80. The fourth-order valence-corrected chi connectivity index (χ4v) is 6.68. The molecule has 0 spiro atoms. The largest absolute Gasteiger partial charge is 0.490 e. The molecule has 1 aromatic heterocycles. The van der Waals surface area contributed by atoms with Crippen molar-refractivity contribution in [1.29, 1.82) is 5.26 Å². The molecule has 4 atom stereocenters. The number of nitrogens with one attached hydrogen (secondary N) is 1. The molecule has 0 bridgehead atoms. The summed E-state index contributed by atoms with van der Waals surface area (Å²) in [5.41, 5.74) is 1.40. The van der Waals surface area contributed by atoms with Crippen molar-refractivity contribution < 1.29 is 13.2 Å². The van der Waals surface area contributed by atoms with Crippen molar-refractivity contribution in [2.75, 3.05) is 0 Å². The Labute approximate surface area is 193 Å². The lowest BCUT2D eigenvalue weighted by Gasteiger charge is -2.31. The molecular weight excluding hydrogens is 442 g/mol. The van der Waals surface area contributed by atoms with E-state index in [0.29, 0.717) is 17.2 Å². The monoisotopic (exact) mass is 469 g/mol. The number of nitriles is 1. The number of thiazole rings is 1. The number of sulfonamides is 1. The minimum Gasteiger partial charge on any atom is -0.490 e. The second kappa shape index (κ2) is 9.18. The van der Waals surface area contributed by atoms with Gasteiger partial charge < -0.3 is 4.74 Å². The first-order valence-electron chi connectivity index (χ1n) is 10.8. The lowest BCUT2D eigenvalue weighted by Crippen LogP contribution is -2.38. The predicted octanol–water partition coefficient (Wildman–Crippen LogP) is 4.97. The highest BCUT2D eigenvalue weighted by atomic mass is 32.2. The van der Waals surface area contributed by atoms with Gasteiger partial charge in [-0.05, 0) is 63.1 Å². The summed E-state index contributed by atoms with van der Waals surface area (Å²) in [7, 11) is -3.44. The van der Waals surface area contributed by atoms with Crippen LogP contribution in [0.4, 0.5) is 0 Å². The number of ether oxygens (including phenoxy) is 1. The number of aromatic nitrogens is 1. The van der Waals surface area contributed by atoms with Crippen LogP contribution < -0.4 is 9.46 Å². The summed E-state index contributed by atoms with van der Waals surface area (Å²) in [4.78, 5) is 5.81. The molecule has 2 aromatic rings. The summed E-state index contributed by atoms with van der Waals surface area (Å²) in [6.07, 6.45) is 8.99. The van der Waals surface area contributed by atoms with Crippen molar-refractivity contribution in [3.63, 3.8) is 0 Å². The molecule has 0 aliphatic heterocycles. The Morgan fingerprint density at radius 1 is 1.34 bits per heavy atom. The summed E-state index contributed by atoms with van der Waals surface area (Å²) >= 11 is 1.63. The molecule has 0 saturated heterocycles. The molecule has 32 heavy (non-hydrogen) atoms. The molecule has 3 unspecified atom stereocenters. The zero-order valence-electron chi connectivity index (χ0n) is 18.2. The highest BCUT2D eigenvalue weighted by Gasteiger charge is 2.42. The standard InChI is InChI=1S/C24H27N3O3S2/c1-4-32(28,29)27-21-10-9-18-19(21)6-5-7-20(18)23-14-26-24(31-23)16-8-11-22(30-15(2)3)17(12-16)13-25/h4-5,7-8,11-12,14-15,18-21,27H,1,6,9-10H2,2-3H3/t18?,19?,20?,21-/m1/s1. The Morgan fingerprint density at radius 2 is 2.16 bits per heavy atom. The Kier molecular flexibility index (Phi) is 6.52. The zero-order valence-corrected chi connectivity index (χ0v) is 19.8. The van der Waals surface area contributed by atoms with Crippen molar-refractivity contribution in [2.45, 2.75) is 51.2 Å². The van der Waals surface area contributed by atoms with E-state index in [2.05, 4.69) is 34.5 Å². The van der Waals surface area contributed by atoms with Crippen LogP contribution >= 0.6 is 11.3 Å². The van der Waals surface area contributed by atoms with E-state index >= 15 is 0 Å². The number of rotatable bonds is 7. The van der Waals surface area contributed by atoms with E-state index in [1.165, 1.54) is 4.88 Å². The molecule has 4 rings (SSSR count). The second-order valence-corrected chi connectivity index (χ2v) is 11.3. The van der Waals surface area contributed by atoms with Gasteiger partial charge in [-0.25, -0.2) is 18.1 Å². The molecule has 1 heterocycles. The van der Waals surface area contributed by atoms with Gasteiger partial charge >= 0.3 is 0 Å². The molecule has 1 aromatic carbocycles. The van der Waals surface area contributed by atoms with Crippen molar-refractivity contribution in [1.82, 2.24) is 9.71 Å². The van der Waals surface area contributed by atoms with Crippen LogP contribution in [0, 0.1) is 23.2 Å². The van der Waals surface area contributed by atoms with E-state index in [1.807, 2.05) is 38.2 Å². The van der Waals surface area contributed by atoms with E-state index in [4.69, 9.17) is 4.74 Å². The Morgan fingerprint density at radius 3 is 2.88 bits per heavy atom. The first-order valence-corrected chi connectivity index (χ1v) is 13.2. The number of fused-ring (bicyclic) bond motifs is 1. The highest BCUT2D eigenvalue weighted by molar-refractivity contribution is 7.92. The van der Waals surface area contributed by atoms with Gasteiger partial charge in [0.25, 0.3) is 0 Å². The molecule has 0 amide bonds. The Bertz CT molecular complexity index is 1180. The van der Waals surface area contributed by atoms with Gasteiger partial charge in [0, 0.05) is 34.0 Å². The molecule has 2 aliphatic carbocycles. The average Bonchev–Trinajstić information content (AvgIpc) is 3.41. The molecule has 1 N–H and O–H groups in total. The summed E-state index contributed by atoms with van der Waals surface area (Å²) in [5.74, 6) is 1.45. The van der Waals surface area contributed by atoms with E-state index in [9.17, 15) is 13.7 Å². The molecule has 1 fully saturated rings. The quantitative estimate of drug-likeness (QED) is 0.578. The number of allylic oxidation sites excluding steroid dienone is 2. The lowest BCUT2D eigenvalue weighted by atomic mass is 9.76. The third-order valence-electron chi connectivity index (χ3n) is 6.19. The maximum Gasteiger partial charge on any atom is 0.233 e. The van der Waals surface area contributed by atoms with Crippen LogP contribution in [0.1, 0.15) is 49.5 Å². The van der Waals surface area contributed by atoms with Gasteiger partial charge in [0.15, 0.2) is 0 Å². The summed E-state index contributed by atoms with van der Waals surface area (Å²) in [6, 6.07) is 7.76. The molecule has 6 nitrogen and oxygen atoms in total. The van der Waals surface area contributed by atoms with Crippen molar-refractivity contribution in [2.24, 2.45) is 11.8 Å². The number of hydrogen-bond acceptors (Lipinski definition) is 6. The summed E-state index contributed by atoms with van der Waals surface area (Å²) < 4.78 is 32.5. The first kappa shape index (κ1) is 22.7. The maximum absolute atomic E-state index is 12.0. The molecule has 168 valence electrons. The fraction of sp³-hybridized carbons (Fsp3) is 0.417. The number of nitrogens with zero attached hydrogens (tertiary/aromatic N) is 2. The Hall–Kier alpha value is -2.47. The van der Waals surface area contributed by atoms with Crippen molar-refractivity contribution >= 4 is 21.4 Å². The third kappa shape index (κ3) is 4.65. The molecule has 0 radical (unpaired) electrons. The third-order valence-corrected chi connectivity index (χ3v) is 8.41. The predicted molar refractivity (Wildman–Crippen MR) is 127 cm³/mol. The van der Waals surface area contributed by atoms with Crippen LogP contribution in [0.3, 0.4) is 0 Å². The summed E-state index contributed by atoms with van der Waals surface area (Å²) in [5, 5.41) is 11.4. The maximum atomic E-state index is 12.0. The van der Waals surface area contributed by atoms with E-state index in [1.54, 1.807) is 11.3 Å². The minimum atomic E-state index is -3.44. The molecular formula is C24H27N3O3S2. The van der Waals surface area contributed by atoms with Crippen LogP contribution in [0.2, 0.25) is 0 Å². The van der Waals surface area contributed by atoms with Gasteiger partial charge in [0.1, 0.15) is 16.8 Å². The minimum absolute atomic E-state index is 0.00311. The normalized spacial score (nSPS) is 24.8. The van der Waals surface area contributed by atoms with Gasteiger partial charge in [-0.3, -0.25) is 0 Å². The number of benzene rings is 1. The van der Waals surface area contributed by atoms with Gasteiger partial charge in [-0.15, -0.1) is 11.3 Å². The number of hydrogen-bond donors (Lipinski definition) is 1. The Balaban J connectivity index is 1.55. The zero-order chi connectivity index (χ0) is 22.9. The van der Waals surface area contributed by atoms with Crippen LogP contribution in [0.5, 0.6) is 5.75 Å². The van der Waals surface area contributed by atoms with Gasteiger partial charge in [0.2, 0.25) is 10.0 Å². The van der Waals surface area contributed by atoms with Gasteiger partial charge in [-0.1, -0.05) is 18.7 Å². The van der Waals surface area contributed by atoms with E-state index < -0.39 is 10.0 Å². The van der Waals surface area contributed by atoms with Crippen LogP contribution in [0.25, 0.3) is 10.6 Å². The lowest BCUT2D eigenvalue weighted by molar-refractivity contribution is 0.242. The SMILES string of the molecule is C=CS(=O)(=O)N[C@@H]1CCC2C(c3cnc(-c4ccc(OC(C)C)c(C#N)c4)s3)C=CCC21. The smallest absolute Gasteiger partial charge is 0.233 e. The van der Waals surface area contributed by atoms with Crippen LogP contribution in [0.15, 0.2) is 48.5 Å². The second-order valence-electron chi connectivity index (χ2n) is 8.59. The topological polar surface area (TPSA) is 92.1 Å². The average molecular weight is 470 g/mol. The van der Waals surface area contributed by atoms with Crippen LogP contribution in [-0.2, 0) is 10.0 Å². The van der Waals surface area contributed by atoms with Gasteiger partial charge in [0.05, 0.1) is 11.7 Å². The molecule has 1 saturated carbocycles. The van der Waals surface area contributed by atoms with Crippen LogP contribution in [-0.4, -0.2) is 25.5 Å².